The summed E-state index contributed by atoms with van der Waals surface area (Å²) in [5, 5.41) is 12.1. The minimum atomic E-state index is -0.158. The summed E-state index contributed by atoms with van der Waals surface area (Å²) in [6.45, 7) is 0.571. The molecule has 1 aromatic heterocycles. The summed E-state index contributed by atoms with van der Waals surface area (Å²) in [6.07, 6.45) is 3.16. The number of nitrogens with zero attached hydrogens (tertiary/aromatic N) is 1. The molecule has 0 atom stereocenters. The van der Waals surface area contributed by atoms with Crippen molar-refractivity contribution in [1.29, 1.82) is 0 Å². The molecule has 2 N–H and O–H groups in total. The van der Waals surface area contributed by atoms with Gasteiger partial charge in [-0.25, -0.2) is 4.98 Å². The van der Waals surface area contributed by atoms with Crippen molar-refractivity contribution in [3.05, 3.63) is 84.1 Å². The van der Waals surface area contributed by atoms with Gasteiger partial charge in [0.25, 0.3) is 5.91 Å². The summed E-state index contributed by atoms with van der Waals surface area (Å²) in [7, 11) is 0. The predicted octanol–water partition coefficient (Wildman–Crippen LogP) is 3.94. The highest BCUT2D eigenvalue weighted by molar-refractivity contribution is 5.93. The Hall–Kier alpha value is -3.34. The third-order valence-electron chi connectivity index (χ3n) is 3.83. The average molecular weight is 348 g/mol. The lowest BCUT2D eigenvalue weighted by Crippen LogP contribution is -2.24. The zero-order chi connectivity index (χ0) is 18.2. The van der Waals surface area contributed by atoms with Crippen molar-refractivity contribution >= 4 is 5.91 Å². The van der Waals surface area contributed by atoms with Crippen LogP contribution in [0.2, 0.25) is 0 Å². The maximum atomic E-state index is 12.1. The number of hydrogen-bond donors (Lipinski definition) is 2. The number of para-hydroxylation sites is 1. The molecule has 0 saturated carbocycles. The van der Waals surface area contributed by atoms with Crippen molar-refractivity contribution < 1.29 is 14.6 Å². The number of aromatic hydroxyl groups is 1. The number of phenolic OH excluding ortho intramolecular Hbond substituents is 1. The van der Waals surface area contributed by atoms with Crippen LogP contribution in [0.25, 0.3) is 0 Å². The zero-order valence-corrected chi connectivity index (χ0v) is 14.3. The number of nitrogens with one attached hydrogen (secondary N) is 1. The predicted molar refractivity (Wildman–Crippen MR) is 99.5 cm³/mol. The van der Waals surface area contributed by atoms with Gasteiger partial charge in [-0.1, -0.05) is 30.3 Å². The first-order chi connectivity index (χ1) is 12.7. The molecule has 26 heavy (non-hydrogen) atoms. The quantitative estimate of drug-likeness (QED) is 0.634. The lowest BCUT2D eigenvalue weighted by molar-refractivity contribution is 0.0953. The molecule has 0 aliphatic heterocycles. The molecule has 0 spiro atoms. The van der Waals surface area contributed by atoms with Gasteiger partial charge in [-0.05, 0) is 48.7 Å². The lowest BCUT2D eigenvalue weighted by Gasteiger charge is -2.07. The fraction of sp³-hybridized carbons (Fsp3) is 0.143. The van der Waals surface area contributed by atoms with E-state index in [4.69, 9.17) is 4.74 Å². The summed E-state index contributed by atoms with van der Waals surface area (Å²) in [5.41, 5.74) is 1.62. The van der Waals surface area contributed by atoms with Gasteiger partial charge in [-0.3, -0.25) is 4.79 Å². The molecule has 1 heterocycles. The first-order valence-corrected chi connectivity index (χ1v) is 8.46. The number of benzene rings is 2. The Bertz CT molecular complexity index is 831. The van der Waals surface area contributed by atoms with E-state index in [1.807, 2.05) is 42.5 Å². The van der Waals surface area contributed by atoms with Crippen LogP contribution in [-0.4, -0.2) is 22.5 Å². The summed E-state index contributed by atoms with van der Waals surface area (Å²) < 4.78 is 5.61. The van der Waals surface area contributed by atoms with Crippen molar-refractivity contribution in [2.24, 2.45) is 0 Å². The number of hydrogen-bond acceptors (Lipinski definition) is 4. The van der Waals surface area contributed by atoms with Crippen LogP contribution in [0.5, 0.6) is 17.4 Å². The number of ether oxygens (including phenoxy) is 1. The Balaban J connectivity index is 1.45. The molecule has 2 aromatic carbocycles. The lowest BCUT2D eigenvalue weighted by atomic mass is 10.1. The normalized spacial score (nSPS) is 10.3. The summed E-state index contributed by atoms with van der Waals surface area (Å²) >= 11 is 0. The fourth-order valence-corrected chi connectivity index (χ4v) is 2.44. The third kappa shape index (κ3) is 5.08. The minimum absolute atomic E-state index is 0.158. The van der Waals surface area contributed by atoms with Gasteiger partial charge >= 0.3 is 0 Å². The molecule has 0 aliphatic rings. The van der Waals surface area contributed by atoms with Gasteiger partial charge < -0.3 is 15.2 Å². The van der Waals surface area contributed by atoms with Crippen LogP contribution in [0.15, 0.2) is 72.9 Å². The highest BCUT2D eigenvalue weighted by atomic mass is 16.5. The monoisotopic (exact) mass is 348 g/mol. The number of phenols is 1. The second-order valence-electron chi connectivity index (χ2n) is 5.83. The first-order valence-electron chi connectivity index (χ1n) is 8.46. The van der Waals surface area contributed by atoms with E-state index in [-0.39, 0.29) is 11.7 Å². The standard InChI is InChI=1S/C21H20N2O3/c24-18-11-8-16(9-12-18)5-4-14-22-21(25)17-10-13-20(23-15-17)26-19-6-2-1-3-7-19/h1-3,6-13,15,24H,4-5,14H2,(H,22,25). The van der Waals surface area contributed by atoms with E-state index in [0.717, 1.165) is 18.4 Å². The zero-order valence-electron chi connectivity index (χ0n) is 14.3. The molecule has 0 aliphatic carbocycles. The Kier molecular flexibility index (Phi) is 5.83. The fourth-order valence-electron chi connectivity index (χ4n) is 2.44. The molecule has 5 heteroatoms. The minimum Gasteiger partial charge on any atom is -0.508 e. The number of amides is 1. The van der Waals surface area contributed by atoms with Crippen molar-refractivity contribution in [2.75, 3.05) is 6.54 Å². The molecule has 5 nitrogen and oxygen atoms in total. The maximum absolute atomic E-state index is 12.1. The van der Waals surface area contributed by atoms with Gasteiger partial charge in [0.05, 0.1) is 5.56 Å². The van der Waals surface area contributed by atoms with Crippen LogP contribution in [0.1, 0.15) is 22.3 Å². The summed E-state index contributed by atoms with van der Waals surface area (Å²) in [6, 6.07) is 19.8. The Morgan fingerprint density at radius 1 is 1.00 bits per heavy atom. The molecule has 0 bridgehead atoms. The maximum Gasteiger partial charge on any atom is 0.252 e. The molecule has 0 saturated heterocycles. The Labute approximate surface area is 152 Å². The molecule has 0 radical (unpaired) electrons. The van der Waals surface area contributed by atoms with Gasteiger partial charge in [-0.15, -0.1) is 0 Å². The van der Waals surface area contributed by atoms with Crippen LogP contribution >= 0.6 is 0 Å². The van der Waals surface area contributed by atoms with E-state index in [1.54, 1.807) is 24.3 Å². The van der Waals surface area contributed by atoms with Gasteiger partial charge in [0, 0.05) is 18.8 Å². The number of pyridine rings is 1. The van der Waals surface area contributed by atoms with Crippen LogP contribution < -0.4 is 10.1 Å². The Morgan fingerprint density at radius 3 is 2.46 bits per heavy atom. The van der Waals surface area contributed by atoms with E-state index < -0.39 is 0 Å². The number of rotatable bonds is 7. The van der Waals surface area contributed by atoms with E-state index in [0.29, 0.717) is 23.7 Å². The highest BCUT2D eigenvalue weighted by Gasteiger charge is 2.06. The SMILES string of the molecule is O=C(NCCCc1ccc(O)cc1)c1ccc(Oc2ccccc2)nc1. The summed E-state index contributed by atoms with van der Waals surface area (Å²) in [4.78, 5) is 16.3. The number of carbonyl (C=O) groups excluding carboxylic acids is 1. The van der Waals surface area contributed by atoms with E-state index in [1.165, 1.54) is 6.20 Å². The van der Waals surface area contributed by atoms with Crippen LogP contribution in [0, 0.1) is 0 Å². The van der Waals surface area contributed by atoms with Crippen LogP contribution in [0.3, 0.4) is 0 Å². The third-order valence-corrected chi connectivity index (χ3v) is 3.83. The van der Waals surface area contributed by atoms with Gasteiger partial charge in [0.2, 0.25) is 5.88 Å². The van der Waals surface area contributed by atoms with Crippen molar-refractivity contribution in [3.63, 3.8) is 0 Å². The van der Waals surface area contributed by atoms with Crippen molar-refractivity contribution in [3.8, 4) is 17.4 Å². The second-order valence-corrected chi connectivity index (χ2v) is 5.83. The van der Waals surface area contributed by atoms with Gasteiger partial charge in [0.15, 0.2) is 0 Å². The molecular formula is C21H20N2O3. The molecular weight excluding hydrogens is 328 g/mol. The van der Waals surface area contributed by atoms with Gasteiger partial charge in [-0.2, -0.15) is 0 Å². The highest BCUT2D eigenvalue weighted by Crippen LogP contribution is 2.18. The molecule has 0 unspecified atom stereocenters. The number of aryl methyl sites for hydroxylation is 1. The molecule has 132 valence electrons. The molecule has 3 aromatic rings. The number of aromatic nitrogens is 1. The molecule has 1 amide bonds. The van der Waals surface area contributed by atoms with Crippen LogP contribution in [0.4, 0.5) is 0 Å². The van der Waals surface area contributed by atoms with Crippen molar-refractivity contribution in [2.45, 2.75) is 12.8 Å². The van der Waals surface area contributed by atoms with Crippen LogP contribution in [-0.2, 0) is 6.42 Å². The smallest absolute Gasteiger partial charge is 0.252 e. The van der Waals surface area contributed by atoms with E-state index in [9.17, 15) is 9.90 Å². The molecule has 3 rings (SSSR count). The number of carbonyl (C=O) groups is 1. The largest absolute Gasteiger partial charge is 0.508 e. The molecule has 0 fully saturated rings. The topological polar surface area (TPSA) is 71.5 Å². The Morgan fingerprint density at radius 2 is 1.77 bits per heavy atom. The second kappa shape index (κ2) is 8.67. The van der Waals surface area contributed by atoms with E-state index >= 15 is 0 Å². The average Bonchev–Trinajstić information content (AvgIpc) is 2.68. The first kappa shape index (κ1) is 17.5. The summed E-state index contributed by atoms with van der Waals surface area (Å²) in [5.74, 6) is 1.25. The van der Waals surface area contributed by atoms with E-state index in [2.05, 4.69) is 10.3 Å². The van der Waals surface area contributed by atoms with Gasteiger partial charge in [0.1, 0.15) is 11.5 Å². The van der Waals surface area contributed by atoms with Crippen molar-refractivity contribution in [1.82, 2.24) is 10.3 Å².